The van der Waals surface area contributed by atoms with Crippen LogP contribution >= 0.6 is 0 Å². The van der Waals surface area contributed by atoms with Crippen LogP contribution in [-0.4, -0.2) is 46.8 Å². The maximum atomic E-state index is 14.6. The number of hydrogen-bond donors (Lipinski definition) is 3. The van der Waals surface area contributed by atoms with Crippen LogP contribution in [0.2, 0.25) is 0 Å². The second kappa shape index (κ2) is 11.1. The Labute approximate surface area is 206 Å². The summed E-state index contributed by atoms with van der Waals surface area (Å²) < 4.78 is 71.7. The number of fused-ring (bicyclic) bond motifs is 1. The molecule has 4 N–H and O–H groups in total. The van der Waals surface area contributed by atoms with Crippen LogP contribution in [0.25, 0.3) is 11.3 Å². The fourth-order valence-electron chi connectivity index (χ4n) is 3.31. The predicted octanol–water partition coefficient (Wildman–Crippen LogP) is 3.84. The van der Waals surface area contributed by atoms with Crippen molar-refractivity contribution in [2.45, 2.75) is 12.6 Å². The molecular weight excluding hydrogens is 507 g/mol. The van der Waals surface area contributed by atoms with Crippen molar-refractivity contribution in [3.8, 4) is 22.8 Å². The number of ether oxygens (including phenoxy) is 2. The minimum Gasteiger partial charge on any atom is -0.497 e. The first-order chi connectivity index (χ1) is 17.4. The number of carbonyl (C=O) groups excluding carboxylic acids is 1. The molecule has 37 heavy (non-hydrogen) atoms. The van der Waals surface area contributed by atoms with E-state index in [0.29, 0.717) is 17.9 Å². The van der Waals surface area contributed by atoms with E-state index in [2.05, 4.69) is 15.3 Å². The second-order valence-electron chi connectivity index (χ2n) is 7.59. The Kier molecular flexibility index (Phi) is 8.10. The van der Waals surface area contributed by atoms with Crippen LogP contribution in [0.5, 0.6) is 11.5 Å². The fraction of sp³-hybridized carbons (Fsp3) is 0.217. The number of nitrogen functional groups attached to an aromatic ring is 1. The van der Waals surface area contributed by atoms with Gasteiger partial charge in [-0.05, 0) is 48.4 Å². The first-order valence-electron chi connectivity index (χ1n) is 10.4. The van der Waals surface area contributed by atoms with Crippen LogP contribution < -0.4 is 20.5 Å². The van der Waals surface area contributed by atoms with E-state index in [1.165, 1.54) is 12.3 Å². The number of carbonyl (C=O) groups is 2. The minimum atomic E-state index is -5.08. The molecule has 2 heterocycles. The van der Waals surface area contributed by atoms with Gasteiger partial charge < -0.3 is 25.6 Å². The third-order valence-corrected chi connectivity index (χ3v) is 5.03. The summed E-state index contributed by atoms with van der Waals surface area (Å²) in [6.45, 7) is 0.161. The summed E-state index contributed by atoms with van der Waals surface area (Å²) in [4.78, 5) is 29.1. The second-order valence-corrected chi connectivity index (χ2v) is 7.59. The van der Waals surface area contributed by atoms with Crippen molar-refractivity contribution in [1.29, 1.82) is 0 Å². The highest BCUT2D eigenvalue weighted by atomic mass is 19.4. The normalized spacial score (nSPS) is 14.4. The third-order valence-electron chi connectivity index (χ3n) is 5.03. The van der Waals surface area contributed by atoms with Crippen LogP contribution in [0.15, 0.2) is 42.6 Å². The Bertz CT molecular complexity index is 1300. The van der Waals surface area contributed by atoms with Crippen molar-refractivity contribution < 1.29 is 46.1 Å². The van der Waals surface area contributed by atoms with Crippen LogP contribution in [0, 0.1) is 17.6 Å². The first kappa shape index (κ1) is 27.1. The Morgan fingerprint density at radius 2 is 1.81 bits per heavy atom. The molecule has 3 aromatic rings. The van der Waals surface area contributed by atoms with Gasteiger partial charge in [0.25, 0.3) is 0 Å². The fourth-order valence-corrected chi connectivity index (χ4v) is 3.31. The SMILES string of the molecule is COc1ccc2c(c1)CC(C(=O)Nc1cc(F)c(-c3ccnc(N)n3)c(F)c1)CO2.O=C(O)C(F)(F)F. The molecular formula is C23H19F5N4O5. The minimum absolute atomic E-state index is 0.00258. The molecule has 4 rings (SSSR count). The molecule has 0 aliphatic carbocycles. The summed E-state index contributed by atoms with van der Waals surface area (Å²) in [5, 5.41) is 9.68. The van der Waals surface area contributed by atoms with E-state index in [0.717, 1.165) is 17.7 Å². The first-order valence-corrected chi connectivity index (χ1v) is 10.4. The lowest BCUT2D eigenvalue weighted by Crippen LogP contribution is -2.32. The largest absolute Gasteiger partial charge is 0.497 e. The highest BCUT2D eigenvalue weighted by molar-refractivity contribution is 5.93. The van der Waals surface area contributed by atoms with E-state index in [4.69, 9.17) is 25.1 Å². The number of halogens is 5. The van der Waals surface area contributed by atoms with Crippen molar-refractivity contribution in [2.75, 3.05) is 24.8 Å². The number of carboxylic acid groups (broad SMARTS) is 1. The number of hydrogen-bond acceptors (Lipinski definition) is 7. The molecule has 1 aliphatic heterocycles. The quantitative estimate of drug-likeness (QED) is 0.437. The maximum absolute atomic E-state index is 14.6. The summed E-state index contributed by atoms with van der Waals surface area (Å²) in [5.74, 6) is -4.19. The lowest BCUT2D eigenvalue weighted by atomic mass is 9.95. The van der Waals surface area contributed by atoms with Gasteiger partial charge in [0, 0.05) is 11.9 Å². The van der Waals surface area contributed by atoms with Gasteiger partial charge in [-0.3, -0.25) is 4.79 Å². The topological polar surface area (TPSA) is 137 Å². The molecule has 1 aliphatic rings. The summed E-state index contributed by atoms with van der Waals surface area (Å²) in [5.41, 5.74) is 5.98. The van der Waals surface area contributed by atoms with Gasteiger partial charge in [0.2, 0.25) is 11.9 Å². The predicted molar refractivity (Wildman–Crippen MR) is 120 cm³/mol. The highest BCUT2D eigenvalue weighted by Gasteiger charge is 2.38. The zero-order chi connectivity index (χ0) is 27.3. The van der Waals surface area contributed by atoms with Crippen LogP contribution in [-0.2, 0) is 16.0 Å². The highest BCUT2D eigenvalue weighted by Crippen LogP contribution is 2.32. The molecule has 9 nitrogen and oxygen atoms in total. The lowest BCUT2D eigenvalue weighted by molar-refractivity contribution is -0.192. The van der Waals surface area contributed by atoms with E-state index >= 15 is 0 Å². The number of amides is 1. The Morgan fingerprint density at radius 1 is 1.16 bits per heavy atom. The van der Waals surface area contributed by atoms with Gasteiger partial charge in [-0.25, -0.2) is 23.5 Å². The molecule has 2 aromatic carbocycles. The van der Waals surface area contributed by atoms with E-state index in [-0.39, 0.29) is 29.5 Å². The number of nitrogens with one attached hydrogen (secondary N) is 1. The molecule has 14 heteroatoms. The number of nitrogens with two attached hydrogens (primary N) is 1. The van der Waals surface area contributed by atoms with Crippen LogP contribution in [0.1, 0.15) is 5.56 Å². The van der Waals surface area contributed by atoms with Crippen molar-refractivity contribution in [1.82, 2.24) is 9.97 Å². The summed E-state index contributed by atoms with van der Waals surface area (Å²) in [6, 6.07) is 8.78. The number of carboxylic acids is 1. The Balaban J connectivity index is 0.000000479. The van der Waals surface area contributed by atoms with E-state index in [1.54, 1.807) is 25.3 Å². The van der Waals surface area contributed by atoms with Gasteiger partial charge in [-0.15, -0.1) is 0 Å². The van der Waals surface area contributed by atoms with Gasteiger partial charge in [0.1, 0.15) is 29.7 Å². The van der Waals surface area contributed by atoms with Crippen LogP contribution in [0.4, 0.5) is 33.6 Å². The van der Waals surface area contributed by atoms with Crippen molar-refractivity contribution >= 4 is 23.5 Å². The van der Waals surface area contributed by atoms with Crippen molar-refractivity contribution in [3.63, 3.8) is 0 Å². The molecule has 1 unspecified atom stereocenters. The molecule has 0 saturated heterocycles. The van der Waals surface area contributed by atoms with E-state index in [1.807, 2.05) is 0 Å². The monoisotopic (exact) mass is 526 g/mol. The number of methoxy groups -OCH3 is 1. The molecule has 196 valence electrons. The van der Waals surface area contributed by atoms with E-state index in [9.17, 15) is 26.7 Å². The summed E-state index contributed by atoms with van der Waals surface area (Å²) in [7, 11) is 1.55. The molecule has 1 atom stereocenters. The van der Waals surface area contributed by atoms with Gasteiger partial charge >= 0.3 is 12.1 Å². The lowest BCUT2D eigenvalue weighted by Gasteiger charge is -2.25. The van der Waals surface area contributed by atoms with Crippen LogP contribution in [0.3, 0.4) is 0 Å². The number of nitrogens with zero attached hydrogens (tertiary/aromatic N) is 2. The van der Waals surface area contributed by atoms with Gasteiger partial charge in [-0.1, -0.05) is 0 Å². The zero-order valence-corrected chi connectivity index (χ0v) is 19.0. The molecule has 0 spiro atoms. The smallest absolute Gasteiger partial charge is 0.490 e. The van der Waals surface area contributed by atoms with Crippen molar-refractivity contribution in [2.24, 2.45) is 5.92 Å². The van der Waals surface area contributed by atoms with Crippen molar-refractivity contribution in [3.05, 3.63) is 59.8 Å². The van der Waals surface area contributed by atoms with Gasteiger partial charge in [0.15, 0.2) is 0 Å². The molecule has 0 bridgehead atoms. The number of aliphatic carboxylic acids is 1. The van der Waals surface area contributed by atoms with Gasteiger partial charge in [-0.2, -0.15) is 13.2 Å². The summed E-state index contributed by atoms with van der Waals surface area (Å²) >= 11 is 0. The number of aromatic nitrogens is 2. The Morgan fingerprint density at radius 3 is 2.38 bits per heavy atom. The maximum Gasteiger partial charge on any atom is 0.490 e. The molecule has 1 aromatic heterocycles. The zero-order valence-electron chi connectivity index (χ0n) is 19.0. The Hall–Kier alpha value is -4.49. The number of rotatable bonds is 4. The average Bonchev–Trinajstić information content (AvgIpc) is 2.82. The molecule has 0 radical (unpaired) electrons. The molecule has 1 amide bonds. The third kappa shape index (κ3) is 6.80. The standard InChI is InChI=1S/C21H18F2N4O3.C2HF3O2/c1-29-14-2-3-18-11(7-14)6-12(10-30-18)20(28)26-13-8-15(22)19(16(23)9-13)17-4-5-25-21(24)27-17;3-2(4,5)1(6)7/h2-5,7-9,12H,6,10H2,1H3,(H,26,28)(H2,24,25,27);(H,6,7). The van der Waals surface area contributed by atoms with Gasteiger partial charge in [0.05, 0.1) is 24.3 Å². The number of alkyl halides is 3. The summed E-state index contributed by atoms with van der Waals surface area (Å²) in [6.07, 6.45) is -3.36. The number of benzene rings is 2. The molecule has 0 saturated carbocycles. The average molecular weight is 526 g/mol. The molecule has 0 fully saturated rings. The number of anilines is 2. The van der Waals surface area contributed by atoms with E-state index < -0.39 is 35.6 Å².